The van der Waals surface area contributed by atoms with Crippen LogP contribution >= 0.6 is 0 Å². The highest BCUT2D eigenvalue weighted by Crippen LogP contribution is 2.44. The van der Waals surface area contributed by atoms with Crippen LogP contribution in [-0.2, 0) is 19.1 Å². The number of carbonyl (C=O) groups is 2. The van der Waals surface area contributed by atoms with E-state index in [9.17, 15) is 9.59 Å². The lowest BCUT2D eigenvalue weighted by Gasteiger charge is -2.45. The molecule has 3 aliphatic carbocycles. The van der Waals surface area contributed by atoms with Crippen molar-refractivity contribution in [3.63, 3.8) is 0 Å². The van der Waals surface area contributed by atoms with Crippen molar-refractivity contribution in [2.45, 2.75) is 89.8 Å². The first-order valence-corrected chi connectivity index (χ1v) is 12.6. The zero-order valence-electron chi connectivity index (χ0n) is 19.6. The molecule has 4 aliphatic rings. The Labute approximate surface area is 192 Å². The SMILES string of the molecule is COC1CCC2C(=O)C(C)=C(C3CCCCC3)OC2C1C(=O)C=CC1CCC(C#N)CC1. The van der Waals surface area contributed by atoms with Crippen LogP contribution in [0.25, 0.3) is 0 Å². The summed E-state index contributed by atoms with van der Waals surface area (Å²) in [6.45, 7) is 1.92. The maximum absolute atomic E-state index is 13.4. The number of methoxy groups -OCH3 is 1. The molecule has 4 rings (SSSR count). The van der Waals surface area contributed by atoms with E-state index < -0.39 is 12.0 Å². The van der Waals surface area contributed by atoms with Gasteiger partial charge in [0.15, 0.2) is 11.6 Å². The zero-order chi connectivity index (χ0) is 22.7. The van der Waals surface area contributed by atoms with Crippen LogP contribution in [0.5, 0.6) is 0 Å². The van der Waals surface area contributed by atoms with Gasteiger partial charge in [-0.2, -0.15) is 5.26 Å². The Bertz CT molecular complexity index is 808. The highest BCUT2D eigenvalue weighted by Gasteiger charge is 2.50. The Morgan fingerprint density at radius 3 is 2.44 bits per heavy atom. The quantitative estimate of drug-likeness (QED) is 0.543. The zero-order valence-corrected chi connectivity index (χ0v) is 19.6. The average Bonchev–Trinajstić information content (AvgIpc) is 2.84. The van der Waals surface area contributed by atoms with Gasteiger partial charge in [-0.1, -0.05) is 25.3 Å². The van der Waals surface area contributed by atoms with Gasteiger partial charge < -0.3 is 9.47 Å². The summed E-state index contributed by atoms with van der Waals surface area (Å²) in [5, 5.41) is 9.11. The molecule has 5 nitrogen and oxygen atoms in total. The minimum Gasteiger partial charge on any atom is -0.492 e. The number of carbonyl (C=O) groups excluding carboxylic acids is 2. The van der Waals surface area contributed by atoms with Crippen molar-refractivity contribution < 1.29 is 19.1 Å². The maximum atomic E-state index is 13.4. The summed E-state index contributed by atoms with van der Waals surface area (Å²) < 4.78 is 12.3. The van der Waals surface area contributed by atoms with E-state index in [2.05, 4.69) is 6.07 Å². The molecule has 3 fully saturated rings. The first-order valence-electron chi connectivity index (χ1n) is 12.6. The number of nitrogens with zero attached hydrogens (tertiary/aromatic N) is 1. The average molecular weight is 440 g/mol. The Hall–Kier alpha value is -1.93. The molecule has 0 spiro atoms. The smallest absolute Gasteiger partial charge is 0.168 e. The Balaban J connectivity index is 1.52. The number of allylic oxidation sites excluding steroid dienone is 4. The van der Waals surface area contributed by atoms with Gasteiger partial charge in [0, 0.05) is 24.5 Å². The van der Waals surface area contributed by atoms with Crippen LogP contribution in [0.3, 0.4) is 0 Å². The third-order valence-corrected chi connectivity index (χ3v) is 8.35. The predicted octanol–water partition coefficient (Wildman–Crippen LogP) is 5.31. The van der Waals surface area contributed by atoms with Gasteiger partial charge >= 0.3 is 0 Å². The highest BCUT2D eigenvalue weighted by molar-refractivity contribution is 6.00. The summed E-state index contributed by atoms with van der Waals surface area (Å²) >= 11 is 0. The summed E-state index contributed by atoms with van der Waals surface area (Å²) in [5.41, 5.74) is 0.782. The minimum absolute atomic E-state index is 0.0179. The van der Waals surface area contributed by atoms with Crippen LogP contribution in [-0.4, -0.2) is 30.9 Å². The first kappa shape index (κ1) is 23.2. The van der Waals surface area contributed by atoms with Gasteiger partial charge in [0.2, 0.25) is 0 Å². The lowest BCUT2D eigenvalue weighted by molar-refractivity contribution is -0.150. The highest BCUT2D eigenvalue weighted by atomic mass is 16.5. The fourth-order valence-electron chi connectivity index (χ4n) is 6.38. The molecule has 3 saturated carbocycles. The molecular weight excluding hydrogens is 402 g/mol. The first-order chi connectivity index (χ1) is 15.5. The van der Waals surface area contributed by atoms with Crippen molar-refractivity contribution >= 4 is 11.6 Å². The van der Waals surface area contributed by atoms with Crippen LogP contribution in [0.15, 0.2) is 23.5 Å². The Kier molecular flexibility index (Phi) is 7.51. The van der Waals surface area contributed by atoms with Gasteiger partial charge in [0.05, 0.1) is 24.0 Å². The van der Waals surface area contributed by atoms with Gasteiger partial charge in [-0.25, -0.2) is 0 Å². The third-order valence-electron chi connectivity index (χ3n) is 8.35. The van der Waals surface area contributed by atoms with Gasteiger partial charge in [0.1, 0.15) is 11.9 Å². The number of hydrogen-bond acceptors (Lipinski definition) is 5. The lowest BCUT2D eigenvalue weighted by atomic mass is 9.69. The second-order valence-electron chi connectivity index (χ2n) is 10.3. The molecule has 0 radical (unpaired) electrons. The Morgan fingerprint density at radius 2 is 1.78 bits per heavy atom. The monoisotopic (exact) mass is 439 g/mol. The molecule has 4 atom stereocenters. The van der Waals surface area contributed by atoms with E-state index in [0.717, 1.165) is 49.9 Å². The third kappa shape index (κ3) is 4.71. The molecule has 4 unspecified atom stereocenters. The molecule has 0 saturated heterocycles. The number of ether oxygens (including phenoxy) is 2. The molecule has 0 N–H and O–H groups in total. The number of rotatable bonds is 5. The van der Waals surface area contributed by atoms with E-state index in [-0.39, 0.29) is 29.5 Å². The van der Waals surface area contributed by atoms with Crippen LogP contribution in [0.2, 0.25) is 0 Å². The van der Waals surface area contributed by atoms with Crippen molar-refractivity contribution in [3.8, 4) is 6.07 Å². The lowest BCUT2D eigenvalue weighted by Crippen LogP contribution is -2.52. The molecule has 0 amide bonds. The van der Waals surface area contributed by atoms with E-state index in [1.54, 1.807) is 13.2 Å². The van der Waals surface area contributed by atoms with Crippen molar-refractivity contribution in [2.75, 3.05) is 7.11 Å². The van der Waals surface area contributed by atoms with E-state index in [1.165, 1.54) is 19.3 Å². The predicted molar refractivity (Wildman–Crippen MR) is 121 cm³/mol. The van der Waals surface area contributed by atoms with Crippen LogP contribution in [0, 0.1) is 40.9 Å². The fourth-order valence-corrected chi connectivity index (χ4v) is 6.38. The summed E-state index contributed by atoms with van der Waals surface area (Å²) in [5.74, 6) is 1.16. The largest absolute Gasteiger partial charge is 0.492 e. The molecule has 0 aromatic heterocycles. The number of Topliss-reactive ketones (excluding diaryl/α,β-unsaturated/α-hetero) is 1. The standard InChI is InChI=1S/C27H37NO4/c1-17-25(30)21-13-15-23(31-2)24(27(21)32-26(17)20-6-4-3-5-7-20)22(29)14-12-18-8-10-19(16-28)11-9-18/h12,14,18-21,23-24,27H,3-11,13,15H2,1-2H3. The summed E-state index contributed by atoms with van der Waals surface area (Å²) in [7, 11) is 1.66. The van der Waals surface area contributed by atoms with E-state index >= 15 is 0 Å². The van der Waals surface area contributed by atoms with Gasteiger partial charge in [0.25, 0.3) is 0 Å². The van der Waals surface area contributed by atoms with Gasteiger partial charge in [-0.3, -0.25) is 9.59 Å². The molecule has 0 aromatic rings. The normalized spacial score (nSPS) is 36.5. The second-order valence-corrected chi connectivity index (χ2v) is 10.3. The number of fused-ring (bicyclic) bond motifs is 1. The molecular formula is C27H37NO4. The van der Waals surface area contributed by atoms with E-state index in [1.807, 2.05) is 13.0 Å². The van der Waals surface area contributed by atoms with Crippen LogP contribution in [0.4, 0.5) is 0 Å². The van der Waals surface area contributed by atoms with Crippen molar-refractivity contribution in [1.29, 1.82) is 5.26 Å². The number of nitriles is 1. The molecule has 174 valence electrons. The van der Waals surface area contributed by atoms with Crippen molar-refractivity contribution in [1.82, 2.24) is 0 Å². The molecule has 0 aromatic carbocycles. The van der Waals surface area contributed by atoms with E-state index in [0.29, 0.717) is 24.7 Å². The fraction of sp³-hybridized carbons (Fsp3) is 0.741. The summed E-state index contributed by atoms with van der Waals surface area (Å²) in [6.07, 6.45) is 14.0. The second kappa shape index (κ2) is 10.3. The molecule has 5 heteroatoms. The maximum Gasteiger partial charge on any atom is 0.168 e. The van der Waals surface area contributed by atoms with Crippen molar-refractivity contribution in [3.05, 3.63) is 23.5 Å². The number of ketones is 2. The van der Waals surface area contributed by atoms with Crippen LogP contribution < -0.4 is 0 Å². The van der Waals surface area contributed by atoms with Crippen molar-refractivity contribution in [2.24, 2.45) is 29.6 Å². The summed E-state index contributed by atoms with van der Waals surface area (Å²) in [4.78, 5) is 26.7. The molecule has 0 bridgehead atoms. The minimum atomic E-state index is -0.443. The molecule has 1 aliphatic heterocycles. The number of hydrogen-bond donors (Lipinski definition) is 0. The summed E-state index contributed by atoms with van der Waals surface area (Å²) in [6, 6.07) is 2.36. The van der Waals surface area contributed by atoms with E-state index in [4.69, 9.17) is 14.7 Å². The molecule has 32 heavy (non-hydrogen) atoms. The van der Waals surface area contributed by atoms with Gasteiger partial charge in [-0.15, -0.1) is 0 Å². The topological polar surface area (TPSA) is 76.4 Å². The van der Waals surface area contributed by atoms with Crippen LogP contribution in [0.1, 0.15) is 77.6 Å². The Morgan fingerprint density at radius 1 is 1.06 bits per heavy atom. The molecule has 1 heterocycles. The van der Waals surface area contributed by atoms with Gasteiger partial charge in [-0.05, 0) is 70.3 Å².